The van der Waals surface area contributed by atoms with Crippen LogP contribution in [0.2, 0.25) is 0 Å². The van der Waals surface area contributed by atoms with Crippen LogP contribution in [0.25, 0.3) is 5.57 Å². The number of aliphatic hydroxyl groups excluding tert-OH is 1. The van der Waals surface area contributed by atoms with Crippen LogP contribution in [-0.4, -0.2) is 24.3 Å². The van der Waals surface area contributed by atoms with Crippen LogP contribution in [-0.2, 0) is 9.53 Å². The first kappa shape index (κ1) is 16.2. The summed E-state index contributed by atoms with van der Waals surface area (Å²) in [5.41, 5.74) is 4.03. The standard InChI is InChI=1S/C19H22O3/c1-15-13-17(16-7-3-2-4-8-16)9-10-18(14-15)19(21)22-12-6-5-11-20/h2-4,7-10,13,20H,5-6,11-12,14H2,1H3. The van der Waals surface area contributed by atoms with E-state index in [9.17, 15) is 4.79 Å². The summed E-state index contributed by atoms with van der Waals surface area (Å²) in [6.07, 6.45) is 7.88. The molecule has 1 aromatic carbocycles. The molecule has 0 radical (unpaired) electrons. The molecule has 0 fully saturated rings. The first-order valence-electron chi connectivity index (χ1n) is 7.62. The van der Waals surface area contributed by atoms with Gasteiger partial charge in [0.2, 0.25) is 0 Å². The Balaban J connectivity index is 2.08. The van der Waals surface area contributed by atoms with Crippen LogP contribution in [0.15, 0.2) is 59.7 Å². The van der Waals surface area contributed by atoms with E-state index in [1.165, 1.54) is 0 Å². The third-order valence-corrected chi connectivity index (χ3v) is 3.49. The van der Waals surface area contributed by atoms with Crippen molar-refractivity contribution < 1.29 is 14.6 Å². The monoisotopic (exact) mass is 298 g/mol. The largest absolute Gasteiger partial charge is 0.462 e. The summed E-state index contributed by atoms with van der Waals surface area (Å²) in [6.45, 7) is 2.51. The number of ether oxygens (including phenoxy) is 1. The maximum absolute atomic E-state index is 12.1. The maximum atomic E-state index is 12.1. The second kappa shape index (κ2) is 8.35. The van der Waals surface area contributed by atoms with Gasteiger partial charge in [0.05, 0.1) is 6.61 Å². The molecule has 0 heterocycles. The van der Waals surface area contributed by atoms with Gasteiger partial charge < -0.3 is 9.84 Å². The van der Waals surface area contributed by atoms with E-state index in [4.69, 9.17) is 9.84 Å². The molecule has 0 atom stereocenters. The predicted octanol–water partition coefficient (Wildman–Crippen LogP) is 3.66. The molecule has 0 unspecified atom stereocenters. The lowest BCUT2D eigenvalue weighted by molar-refractivity contribution is -0.139. The summed E-state index contributed by atoms with van der Waals surface area (Å²) in [6, 6.07) is 10.1. The van der Waals surface area contributed by atoms with Crippen molar-refractivity contribution in [2.45, 2.75) is 26.2 Å². The van der Waals surface area contributed by atoms with E-state index in [0.717, 1.165) is 16.7 Å². The molecule has 0 amide bonds. The van der Waals surface area contributed by atoms with E-state index >= 15 is 0 Å². The fraction of sp³-hybridized carbons (Fsp3) is 0.316. The number of hydrogen-bond acceptors (Lipinski definition) is 3. The Hall–Kier alpha value is -2.13. The quantitative estimate of drug-likeness (QED) is 0.644. The minimum Gasteiger partial charge on any atom is -0.462 e. The smallest absolute Gasteiger partial charge is 0.334 e. The van der Waals surface area contributed by atoms with E-state index in [1.807, 2.05) is 37.3 Å². The van der Waals surface area contributed by atoms with Crippen molar-refractivity contribution >= 4 is 11.5 Å². The minimum atomic E-state index is -0.267. The third kappa shape index (κ3) is 4.71. The van der Waals surface area contributed by atoms with Crippen LogP contribution in [0.4, 0.5) is 0 Å². The zero-order valence-corrected chi connectivity index (χ0v) is 12.9. The van der Waals surface area contributed by atoms with Gasteiger partial charge in [0.25, 0.3) is 0 Å². The van der Waals surface area contributed by atoms with Crippen LogP contribution in [0, 0.1) is 0 Å². The van der Waals surface area contributed by atoms with Gasteiger partial charge in [-0.05, 0) is 30.9 Å². The molecule has 0 spiro atoms. The lowest BCUT2D eigenvalue weighted by atomic mass is 10.0. The van der Waals surface area contributed by atoms with Gasteiger partial charge in [-0.15, -0.1) is 0 Å². The average molecular weight is 298 g/mol. The van der Waals surface area contributed by atoms with Crippen molar-refractivity contribution in [3.8, 4) is 0 Å². The Morgan fingerprint density at radius 2 is 1.95 bits per heavy atom. The van der Waals surface area contributed by atoms with Crippen LogP contribution < -0.4 is 0 Å². The molecule has 0 aliphatic heterocycles. The third-order valence-electron chi connectivity index (χ3n) is 3.49. The molecule has 22 heavy (non-hydrogen) atoms. The number of carbonyl (C=O) groups is 1. The van der Waals surface area contributed by atoms with Gasteiger partial charge in [-0.25, -0.2) is 4.79 Å². The Labute approximate surface area is 131 Å². The highest BCUT2D eigenvalue weighted by Gasteiger charge is 2.13. The Bertz CT molecular complexity index is 594. The SMILES string of the molecule is CC1=CC(c2ccccc2)=CC=C(C(=O)OCCCCO)C1. The predicted molar refractivity (Wildman–Crippen MR) is 88.2 cm³/mol. The highest BCUT2D eigenvalue weighted by molar-refractivity contribution is 5.91. The number of allylic oxidation sites excluding steroid dienone is 5. The van der Waals surface area contributed by atoms with E-state index < -0.39 is 0 Å². The van der Waals surface area contributed by atoms with E-state index in [2.05, 4.69) is 18.2 Å². The van der Waals surface area contributed by atoms with Crippen molar-refractivity contribution in [1.29, 1.82) is 0 Å². The molecule has 1 aromatic rings. The van der Waals surface area contributed by atoms with Gasteiger partial charge in [-0.3, -0.25) is 0 Å². The molecule has 1 N–H and O–H groups in total. The lowest BCUT2D eigenvalue weighted by Gasteiger charge is -2.07. The molecule has 1 aliphatic rings. The van der Waals surface area contributed by atoms with Gasteiger partial charge in [-0.2, -0.15) is 0 Å². The summed E-state index contributed by atoms with van der Waals surface area (Å²) < 4.78 is 5.25. The lowest BCUT2D eigenvalue weighted by Crippen LogP contribution is -2.09. The summed E-state index contributed by atoms with van der Waals surface area (Å²) >= 11 is 0. The van der Waals surface area contributed by atoms with Crippen molar-refractivity contribution in [2.24, 2.45) is 0 Å². The topological polar surface area (TPSA) is 46.5 Å². The fourth-order valence-electron chi connectivity index (χ4n) is 2.34. The number of unbranched alkanes of at least 4 members (excludes halogenated alkanes) is 1. The molecular weight excluding hydrogens is 276 g/mol. The molecule has 3 nitrogen and oxygen atoms in total. The summed E-state index contributed by atoms with van der Waals surface area (Å²) in [5.74, 6) is -0.267. The van der Waals surface area contributed by atoms with Gasteiger partial charge in [0.1, 0.15) is 0 Å². The molecule has 2 rings (SSSR count). The Morgan fingerprint density at radius 1 is 1.18 bits per heavy atom. The summed E-state index contributed by atoms with van der Waals surface area (Å²) in [4.78, 5) is 12.1. The molecule has 0 saturated heterocycles. The van der Waals surface area contributed by atoms with Crippen LogP contribution in [0.1, 0.15) is 31.7 Å². The number of esters is 1. The van der Waals surface area contributed by atoms with Crippen LogP contribution in [0.5, 0.6) is 0 Å². The molecule has 0 bridgehead atoms. The number of carbonyl (C=O) groups excluding carboxylic acids is 1. The van der Waals surface area contributed by atoms with Gasteiger partial charge in [-0.1, -0.05) is 54.1 Å². The molecule has 0 aromatic heterocycles. The van der Waals surface area contributed by atoms with E-state index in [1.54, 1.807) is 0 Å². The molecule has 116 valence electrons. The Kier molecular flexibility index (Phi) is 6.16. The van der Waals surface area contributed by atoms with E-state index in [-0.39, 0.29) is 12.6 Å². The summed E-state index contributed by atoms with van der Waals surface area (Å²) in [7, 11) is 0. The molecular formula is C19H22O3. The zero-order valence-electron chi connectivity index (χ0n) is 12.9. The van der Waals surface area contributed by atoms with Crippen LogP contribution in [0.3, 0.4) is 0 Å². The Morgan fingerprint density at radius 3 is 2.68 bits per heavy atom. The molecule has 0 saturated carbocycles. The average Bonchev–Trinajstić information content (AvgIpc) is 2.74. The minimum absolute atomic E-state index is 0.130. The second-order valence-corrected chi connectivity index (χ2v) is 5.41. The number of rotatable bonds is 6. The highest BCUT2D eigenvalue weighted by atomic mass is 16.5. The van der Waals surface area contributed by atoms with Gasteiger partial charge in [0, 0.05) is 18.6 Å². The fourth-order valence-corrected chi connectivity index (χ4v) is 2.34. The van der Waals surface area contributed by atoms with Crippen molar-refractivity contribution in [3.63, 3.8) is 0 Å². The van der Waals surface area contributed by atoms with Crippen LogP contribution >= 0.6 is 0 Å². The first-order valence-corrected chi connectivity index (χ1v) is 7.62. The number of aliphatic hydroxyl groups is 1. The van der Waals surface area contributed by atoms with E-state index in [0.29, 0.717) is 31.4 Å². The highest BCUT2D eigenvalue weighted by Crippen LogP contribution is 2.24. The zero-order chi connectivity index (χ0) is 15.8. The van der Waals surface area contributed by atoms with Crippen molar-refractivity contribution in [2.75, 3.05) is 13.2 Å². The number of hydrogen-bond donors (Lipinski definition) is 1. The molecule has 1 aliphatic carbocycles. The van der Waals surface area contributed by atoms with Gasteiger partial charge in [0.15, 0.2) is 0 Å². The first-order chi connectivity index (χ1) is 10.7. The van der Waals surface area contributed by atoms with Gasteiger partial charge >= 0.3 is 5.97 Å². The summed E-state index contributed by atoms with van der Waals surface area (Å²) in [5, 5.41) is 8.72. The number of benzene rings is 1. The maximum Gasteiger partial charge on any atom is 0.334 e. The van der Waals surface area contributed by atoms with Crippen molar-refractivity contribution in [3.05, 3.63) is 65.3 Å². The molecule has 3 heteroatoms. The normalized spacial score (nSPS) is 14.5. The van der Waals surface area contributed by atoms with Crippen molar-refractivity contribution in [1.82, 2.24) is 0 Å². The second-order valence-electron chi connectivity index (χ2n) is 5.41.